The van der Waals surface area contributed by atoms with Gasteiger partial charge in [0.25, 0.3) is 5.91 Å². The normalized spacial score (nSPS) is 11.7. The summed E-state index contributed by atoms with van der Waals surface area (Å²) in [5, 5.41) is 4.14. The number of amides is 1. The first-order valence-electron chi connectivity index (χ1n) is 10.1. The SMILES string of the molecule is CC(c1ccc(-n2cncn2)cc1)N(C)C(=O)c1ccccc1COc1ccccc1. The van der Waals surface area contributed by atoms with E-state index in [1.807, 2.05) is 92.8 Å². The van der Waals surface area contributed by atoms with E-state index in [4.69, 9.17) is 4.74 Å². The van der Waals surface area contributed by atoms with Crippen LogP contribution in [0.3, 0.4) is 0 Å². The molecule has 1 aromatic heterocycles. The number of aromatic nitrogens is 3. The maximum Gasteiger partial charge on any atom is 0.254 e. The van der Waals surface area contributed by atoms with E-state index in [0.29, 0.717) is 12.2 Å². The summed E-state index contributed by atoms with van der Waals surface area (Å²) in [4.78, 5) is 19.0. The molecule has 0 radical (unpaired) electrons. The Morgan fingerprint density at radius 1 is 1.00 bits per heavy atom. The van der Waals surface area contributed by atoms with Crippen molar-refractivity contribution in [3.63, 3.8) is 0 Å². The Balaban J connectivity index is 1.48. The third-order valence-electron chi connectivity index (χ3n) is 5.35. The van der Waals surface area contributed by atoms with Crippen molar-refractivity contribution < 1.29 is 9.53 Å². The lowest BCUT2D eigenvalue weighted by atomic mass is 10.0. The van der Waals surface area contributed by atoms with E-state index in [2.05, 4.69) is 10.1 Å². The van der Waals surface area contributed by atoms with Crippen molar-refractivity contribution in [1.29, 1.82) is 0 Å². The molecule has 6 heteroatoms. The summed E-state index contributed by atoms with van der Waals surface area (Å²) in [7, 11) is 1.83. The van der Waals surface area contributed by atoms with Crippen LogP contribution >= 0.6 is 0 Å². The van der Waals surface area contributed by atoms with Gasteiger partial charge in [0.2, 0.25) is 0 Å². The van der Waals surface area contributed by atoms with Gasteiger partial charge >= 0.3 is 0 Å². The van der Waals surface area contributed by atoms with Crippen LogP contribution < -0.4 is 4.74 Å². The van der Waals surface area contributed by atoms with Gasteiger partial charge in [0.1, 0.15) is 25.0 Å². The summed E-state index contributed by atoms with van der Waals surface area (Å²) < 4.78 is 7.57. The van der Waals surface area contributed by atoms with E-state index in [1.165, 1.54) is 6.33 Å². The average molecular weight is 412 g/mol. The minimum Gasteiger partial charge on any atom is -0.489 e. The first-order valence-corrected chi connectivity index (χ1v) is 10.1. The Labute approximate surface area is 181 Å². The number of para-hydroxylation sites is 1. The molecule has 0 aliphatic carbocycles. The smallest absolute Gasteiger partial charge is 0.254 e. The molecule has 0 aliphatic heterocycles. The summed E-state index contributed by atoms with van der Waals surface area (Å²) >= 11 is 0. The molecule has 1 atom stereocenters. The summed E-state index contributed by atoms with van der Waals surface area (Å²) in [6.07, 6.45) is 3.16. The topological polar surface area (TPSA) is 60.2 Å². The highest BCUT2D eigenvalue weighted by molar-refractivity contribution is 5.95. The maximum absolute atomic E-state index is 13.3. The van der Waals surface area contributed by atoms with Crippen LogP contribution in [0.15, 0.2) is 91.5 Å². The fourth-order valence-corrected chi connectivity index (χ4v) is 3.37. The van der Waals surface area contributed by atoms with Gasteiger partial charge in [0.05, 0.1) is 11.7 Å². The molecule has 0 aliphatic rings. The fraction of sp³-hybridized carbons (Fsp3) is 0.160. The summed E-state index contributed by atoms with van der Waals surface area (Å²) in [6.45, 7) is 2.35. The van der Waals surface area contributed by atoms with Crippen molar-refractivity contribution in [3.05, 3.63) is 108 Å². The van der Waals surface area contributed by atoms with E-state index < -0.39 is 0 Å². The number of benzene rings is 3. The Morgan fingerprint density at radius 3 is 2.42 bits per heavy atom. The zero-order valence-corrected chi connectivity index (χ0v) is 17.6. The molecule has 3 aromatic carbocycles. The standard InChI is InChI=1S/C25H24N4O2/c1-19(20-12-14-22(15-13-20)29-18-26-17-27-29)28(2)25(30)24-11-7-6-8-21(24)16-31-23-9-4-3-5-10-23/h3-15,17-19H,16H2,1-2H3. The van der Waals surface area contributed by atoms with Crippen LogP contribution in [0.1, 0.15) is 34.5 Å². The Hall–Kier alpha value is -3.93. The minimum atomic E-state index is -0.0969. The van der Waals surface area contributed by atoms with Gasteiger partial charge in [-0.3, -0.25) is 4.79 Å². The molecule has 0 N–H and O–H groups in total. The lowest BCUT2D eigenvalue weighted by Gasteiger charge is -2.26. The van der Waals surface area contributed by atoms with E-state index >= 15 is 0 Å². The Bertz CT molecular complexity index is 1130. The molecule has 0 spiro atoms. The van der Waals surface area contributed by atoms with E-state index in [1.54, 1.807) is 15.9 Å². The van der Waals surface area contributed by atoms with Gasteiger partial charge in [0.15, 0.2) is 0 Å². The molecular weight excluding hydrogens is 388 g/mol. The number of nitrogens with zero attached hydrogens (tertiary/aromatic N) is 4. The van der Waals surface area contributed by atoms with Crippen LogP contribution in [0.5, 0.6) is 5.75 Å². The van der Waals surface area contributed by atoms with Crippen LogP contribution in [-0.2, 0) is 6.61 Å². The molecule has 4 rings (SSSR count). The predicted molar refractivity (Wildman–Crippen MR) is 119 cm³/mol. The average Bonchev–Trinajstić information content (AvgIpc) is 3.37. The first kappa shape index (κ1) is 20.3. The highest BCUT2D eigenvalue weighted by Gasteiger charge is 2.21. The maximum atomic E-state index is 13.3. The predicted octanol–water partition coefficient (Wildman–Crippen LogP) is 4.68. The highest BCUT2D eigenvalue weighted by Crippen LogP contribution is 2.24. The second kappa shape index (κ2) is 9.26. The quantitative estimate of drug-likeness (QED) is 0.442. The second-order valence-corrected chi connectivity index (χ2v) is 7.28. The number of hydrogen-bond acceptors (Lipinski definition) is 4. The van der Waals surface area contributed by atoms with Crippen molar-refractivity contribution >= 4 is 5.91 Å². The number of ether oxygens (including phenoxy) is 1. The molecule has 1 heterocycles. The number of carbonyl (C=O) groups is 1. The molecule has 156 valence electrons. The lowest BCUT2D eigenvalue weighted by Crippen LogP contribution is -2.30. The third-order valence-corrected chi connectivity index (χ3v) is 5.35. The van der Waals surface area contributed by atoms with Gasteiger partial charge in [-0.05, 0) is 42.8 Å². The number of rotatable bonds is 7. The van der Waals surface area contributed by atoms with Crippen LogP contribution in [-0.4, -0.2) is 32.6 Å². The molecule has 31 heavy (non-hydrogen) atoms. The third kappa shape index (κ3) is 4.64. The number of hydrogen-bond donors (Lipinski definition) is 0. The summed E-state index contributed by atoms with van der Waals surface area (Å²) in [5.74, 6) is 0.735. The molecule has 0 saturated heterocycles. The van der Waals surface area contributed by atoms with Crippen molar-refractivity contribution in [2.24, 2.45) is 0 Å². The largest absolute Gasteiger partial charge is 0.489 e. The van der Waals surface area contributed by atoms with Gasteiger partial charge in [0, 0.05) is 18.2 Å². The highest BCUT2D eigenvalue weighted by atomic mass is 16.5. The van der Waals surface area contributed by atoms with Crippen molar-refractivity contribution in [2.45, 2.75) is 19.6 Å². The van der Waals surface area contributed by atoms with Crippen LogP contribution in [0.25, 0.3) is 5.69 Å². The second-order valence-electron chi connectivity index (χ2n) is 7.28. The molecule has 0 fully saturated rings. The van der Waals surface area contributed by atoms with Crippen LogP contribution in [0, 0.1) is 0 Å². The van der Waals surface area contributed by atoms with Gasteiger partial charge in [-0.25, -0.2) is 9.67 Å². The zero-order chi connectivity index (χ0) is 21.6. The van der Waals surface area contributed by atoms with Crippen LogP contribution in [0.2, 0.25) is 0 Å². The number of carbonyl (C=O) groups excluding carboxylic acids is 1. The fourth-order valence-electron chi connectivity index (χ4n) is 3.37. The molecule has 0 bridgehead atoms. The van der Waals surface area contributed by atoms with E-state index in [0.717, 1.165) is 22.6 Å². The zero-order valence-electron chi connectivity index (χ0n) is 17.6. The molecule has 1 amide bonds. The van der Waals surface area contributed by atoms with E-state index in [-0.39, 0.29) is 11.9 Å². The molecule has 0 saturated carbocycles. The molecule has 4 aromatic rings. The Kier molecular flexibility index (Phi) is 6.08. The van der Waals surface area contributed by atoms with E-state index in [9.17, 15) is 4.79 Å². The molecular formula is C25H24N4O2. The van der Waals surface area contributed by atoms with Crippen molar-refractivity contribution in [3.8, 4) is 11.4 Å². The van der Waals surface area contributed by atoms with Gasteiger partial charge in [-0.2, -0.15) is 5.10 Å². The minimum absolute atomic E-state index is 0.0416. The van der Waals surface area contributed by atoms with Crippen molar-refractivity contribution in [1.82, 2.24) is 19.7 Å². The van der Waals surface area contributed by atoms with Gasteiger partial charge in [-0.1, -0.05) is 48.5 Å². The van der Waals surface area contributed by atoms with Crippen molar-refractivity contribution in [2.75, 3.05) is 7.05 Å². The summed E-state index contributed by atoms with van der Waals surface area (Å²) in [6, 6.07) is 25.1. The first-order chi connectivity index (χ1) is 15.1. The van der Waals surface area contributed by atoms with Crippen LogP contribution in [0.4, 0.5) is 0 Å². The lowest BCUT2D eigenvalue weighted by molar-refractivity contribution is 0.0740. The Morgan fingerprint density at radius 2 is 1.71 bits per heavy atom. The monoisotopic (exact) mass is 412 g/mol. The van der Waals surface area contributed by atoms with Gasteiger partial charge < -0.3 is 9.64 Å². The summed E-state index contributed by atoms with van der Waals surface area (Å²) in [5.41, 5.74) is 3.47. The van der Waals surface area contributed by atoms with Gasteiger partial charge in [-0.15, -0.1) is 0 Å². The molecule has 1 unspecified atom stereocenters. The molecule has 6 nitrogen and oxygen atoms in total.